The minimum Gasteiger partial charge on any atom is -0.367 e. The van der Waals surface area contributed by atoms with Gasteiger partial charge in [0, 0.05) is 43.7 Å². The number of nitrogens with zero attached hydrogens (tertiary/aromatic N) is 1. The third kappa shape index (κ3) is 2.81. The van der Waals surface area contributed by atoms with Gasteiger partial charge in [0.05, 0.1) is 0 Å². The minimum atomic E-state index is -0.329. The molecular weight excluding hydrogens is 228 g/mol. The monoisotopic (exact) mass is 248 g/mol. The molecule has 0 saturated carbocycles. The number of piperidine rings is 1. The van der Waals surface area contributed by atoms with Gasteiger partial charge in [-0.15, -0.1) is 0 Å². The molecule has 1 aromatic heterocycles. The average molecular weight is 248 g/mol. The van der Waals surface area contributed by atoms with Gasteiger partial charge in [-0.2, -0.15) is 0 Å². The van der Waals surface area contributed by atoms with Crippen LogP contribution in [0.25, 0.3) is 0 Å². The van der Waals surface area contributed by atoms with Crippen molar-refractivity contribution < 1.29 is 9.59 Å². The highest BCUT2D eigenvalue weighted by Crippen LogP contribution is 2.26. The summed E-state index contributed by atoms with van der Waals surface area (Å²) in [4.78, 5) is 28.5. The summed E-state index contributed by atoms with van der Waals surface area (Å²) in [7, 11) is 0. The molecule has 0 spiro atoms. The molecule has 4 nitrogen and oxygen atoms in total. The van der Waals surface area contributed by atoms with Gasteiger partial charge in [0.2, 0.25) is 5.91 Å². The van der Waals surface area contributed by atoms with E-state index in [1.807, 2.05) is 37.2 Å². The van der Waals surface area contributed by atoms with Gasteiger partial charge in [0.15, 0.2) is 0 Å². The summed E-state index contributed by atoms with van der Waals surface area (Å²) in [5.41, 5.74) is 0.819. The summed E-state index contributed by atoms with van der Waals surface area (Å²) in [6.45, 7) is 4.51. The summed E-state index contributed by atoms with van der Waals surface area (Å²) in [6, 6.07) is 1.98. The summed E-state index contributed by atoms with van der Waals surface area (Å²) in [6.07, 6.45) is 6.02. The van der Waals surface area contributed by atoms with Crippen LogP contribution in [0.5, 0.6) is 0 Å². The second-order valence-corrected chi connectivity index (χ2v) is 5.54. The van der Waals surface area contributed by atoms with Crippen molar-refractivity contribution in [2.75, 3.05) is 6.54 Å². The number of H-pyrrole nitrogens is 1. The highest BCUT2D eigenvalue weighted by atomic mass is 16.2. The largest absolute Gasteiger partial charge is 0.367 e. The van der Waals surface area contributed by atoms with Crippen molar-refractivity contribution in [2.24, 2.45) is 0 Å². The highest BCUT2D eigenvalue weighted by molar-refractivity contribution is 5.85. The molecule has 4 heteroatoms. The molecule has 0 atom stereocenters. The number of carbonyl (C=O) groups is 2. The lowest BCUT2D eigenvalue weighted by molar-refractivity contribution is -0.142. The SMILES string of the molecule is CC1(C)CC(=O)CCN1C(=O)CCc1cc[nH]c1. The smallest absolute Gasteiger partial charge is 0.223 e. The van der Waals surface area contributed by atoms with Crippen LogP contribution in [0.1, 0.15) is 38.7 Å². The first-order valence-corrected chi connectivity index (χ1v) is 6.43. The number of hydrogen-bond acceptors (Lipinski definition) is 2. The van der Waals surface area contributed by atoms with E-state index in [2.05, 4.69) is 4.98 Å². The molecule has 1 fully saturated rings. The van der Waals surface area contributed by atoms with Crippen LogP contribution in [0.2, 0.25) is 0 Å². The van der Waals surface area contributed by atoms with Gasteiger partial charge in [0.1, 0.15) is 5.78 Å². The molecule has 1 amide bonds. The van der Waals surface area contributed by atoms with Crippen molar-refractivity contribution in [3.05, 3.63) is 24.0 Å². The van der Waals surface area contributed by atoms with E-state index in [1.165, 1.54) is 0 Å². The number of ketones is 1. The molecule has 1 saturated heterocycles. The third-order valence-electron chi connectivity index (χ3n) is 3.57. The number of amides is 1. The van der Waals surface area contributed by atoms with Crippen LogP contribution in [0, 0.1) is 0 Å². The highest BCUT2D eigenvalue weighted by Gasteiger charge is 2.36. The predicted octanol–water partition coefficient (Wildman–Crippen LogP) is 1.92. The summed E-state index contributed by atoms with van der Waals surface area (Å²) in [5, 5.41) is 0. The van der Waals surface area contributed by atoms with Crippen LogP contribution in [0.15, 0.2) is 18.5 Å². The average Bonchev–Trinajstić information content (AvgIpc) is 2.77. The molecule has 2 heterocycles. The van der Waals surface area contributed by atoms with Crippen molar-refractivity contribution >= 4 is 11.7 Å². The molecule has 18 heavy (non-hydrogen) atoms. The van der Waals surface area contributed by atoms with Crippen LogP contribution in [0.3, 0.4) is 0 Å². The fourth-order valence-electron chi connectivity index (χ4n) is 2.57. The maximum absolute atomic E-state index is 12.2. The van der Waals surface area contributed by atoms with Gasteiger partial charge in [0.25, 0.3) is 0 Å². The molecule has 98 valence electrons. The number of likely N-dealkylation sites (tertiary alicyclic amines) is 1. The topological polar surface area (TPSA) is 53.2 Å². The van der Waals surface area contributed by atoms with Crippen molar-refractivity contribution in [3.63, 3.8) is 0 Å². The summed E-state index contributed by atoms with van der Waals surface area (Å²) >= 11 is 0. The Morgan fingerprint density at radius 2 is 2.28 bits per heavy atom. The molecule has 0 aliphatic carbocycles. The van der Waals surface area contributed by atoms with Gasteiger partial charge in [-0.25, -0.2) is 0 Å². The first-order chi connectivity index (χ1) is 8.49. The fourth-order valence-corrected chi connectivity index (χ4v) is 2.57. The lowest BCUT2D eigenvalue weighted by Crippen LogP contribution is -2.53. The Morgan fingerprint density at radius 1 is 1.50 bits per heavy atom. The Morgan fingerprint density at radius 3 is 2.89 bits per heavy atom. The van der Waals surface area contributed by atoms with Crippen molar-refractivity contribution in [2.45, 2.75) is 45.1 Å². The number of rotatable bonds is 3. The van der Waals surface area contributed by atoms with E-state index in [4.69, 9.17) is 0 Å². The number of nitrogens with one attached hydrogen (secondary N) is 1. The van der Waals surface area contributed by atoms with Crippen molar-refractivity contribution in [1.82, 2.24) is 9.88 Å². The predicted molar refractivity (Wildman–Crippen MR) is 69.1 cm³/mol. The van der Waals surface area contributed by atoms with Gasteiger partial charge in [-0.05, 0) is 31.9 Å². The quantitative estimate of drug-likeness (QED) is 0.888. The van der Waals surface area contributed by atoms with Gasteiger partial charge in [-0.1, -0.05) is 0 Å². The van der Waals surface area contributed by atoms with E-state index in [0.29, 0.717) is 25.8 Å². The maximum atomic E-state index is 12.2. The number of carbonyl (C=O) groups excluding carboxylic acids is 2. The molecular formula is C14H20N2O2. The first-order valence-electron chi connectivity index (χ1n) is 6.43. The number of aryl methyl sites for hydroxylation is 1. The first kappa shape index (κ1) is 12.9. The van der Waals surface area contributed by atoms with E-state index in [1.54, 1.807) is 0 Å². The van der Waals surface area contributed by atoms with Crippen LogP contribution < -0.4 is 0 Å². The molecule has 1 aliphatic rings. The van der Waals surface area contributed by atoms with Gasteiger partial charge >= 0.3 is 0 Å². The Labute approximate surface area is 107 Å². The second-order valence-electron chi connectivity index (χ2n) is 5.54. The van der Waals surface area contributed by atoms with Crippen LogP contribution in [-0.4, -0.2) is 33.7 Å². The van der Waals surface area contributed by atoms with E-state index in [0.717, 1.165) is 12.0 Å². The Bertz CT molecular complexity index is 435. The fraction of sp³-hybridized carbons (Fsp3) is 0.571. The van der Waals surface area contributed by atoms with E-state index in [-0.39, 0.29) is 17.2 Å². The molecule has 2 rings (SSSR count). The molecule has 0 radical (unpaired) electrons. The molecule has 1 N–H and O–H groups in total. The van der Waals surface area contributed by atoms with Crippen LogP contribution in [0.4, 0.5) is 0 Å². The number of Topliss-reactive ketones (excluding diaryl/α,β-unsaturated/α-hetero) is 1. The zero-order chi connectivity index (χ0) is 13.2. The summed E-state index contributed by atoms with van der Waals surface area (Å²) < 4.78 is 0. The Balaban J connectivity index is 1.94. The normalized spacial score (nSPS) is 19.0. The van der Waals surface area contributed by atoms with E-state index >= 15 is 0 Å². The molecule has 0 unspecified atom stereocenters. The molecule has 1 aromatic rings. The number of hydrogen-bond donors (Lipinski definition) is 1. The lowest BCUT2D eigenvalue weighted by Gasteiger charge is -2.41. The number of aromatic nitrogens is 1. The standard InChI is InChI=1S/C14H20N2O2/c1-14(2)9-12(17)6-8-16(14)13(18)4-3-11-5-7-15-10-11/h5,7,10,15H,3-4,6,8-9H2,1-2H3. The van der Waals surface area contributed by atoms with Crippen molar-refractivity contribution in [1.29, 1.82) is 0 Å². The zero-order valence-corrected chi connectivity index (χ0v) is 11.0. The Kier molecular flexibility index (Phi) is 3.55. The van der Waals surface area contributed by atoms with E-state index < -0.39 is 0 Å². The lowest BCUT2D eigenvalue weighted by atomic mass is 9.89. The third-order valence-corrected chi connectivity index (χ3v) is 3.57. The molecule has 1 aliphatic heterocycles. The maximum Gasteiger partial charge on any atom is 0.223 e. The van der Waals surface area contributed by atoms with Crippen LogP contribution in [-0.2, 0) is 16.0 Å². The second kappa shape index (κ2) is 4.96. The molecule has 0 aromatic carbocycles. The summed E-state index contributed by atoms with van der Waals surface area (Å²) in [5.74, 6) is 0.406. The van der Waals surface area contributed by atoms with Gasteiger partial charge in [-0.3, -0.25) is 9.59 Å². The number of aromatic amines is 1. The Hall–Kier alpha value is -1.58. The van der Waals surface area contributed by atoms with Gasteiger partial charge < -0.3 is 9.88 Å². The van der Waals surface area contributed by atoms with Crippen LogP contribution >= 0.6 is 0 Å². The zero-order valence-electron chi connectivity index (χ0n) is 11.0. The van der Waals surface area contributed by atoms with E-state index in [9.17, 15) is 9.59 Å². The molecule has 0 bridgehead atoms. The van der Waals surface area contributed by atoms with Crippen molar-refractivity contribution in [3.8, 4) is 0 Å². The minimum absolute atomic E-state index is 0.147.